The summed E-state index contributed by atoms with van der Waals surface area (Å²) >= 11 is 0. The van der Waals surface area contributed by atoms with Gasteiger partial charge in [-0.3, -0.25) is 4.79 Å². The van der Waals surface area contributed by atoms with E-state index >= 15 is 0 Å². The number of amides is 1. The number of sulfonamides is 1. The van der Waals surface area contributed by atoms with E-state index in [4.69, 9.17) is 9.47 Å². The van der Waals surface area contributed by atoms with Crippen LogP contribution in [0.3, 0.4) is 0 Å². The maximum Gasteiger partial charge on any atom is 0.248 e. The van der Waals surface area contributed by atoms with Crippen molar-refractivity contribution in [1.29, 1.82) is 0 Å². The molecule has 1 aromatic carbocycles. The molecule has 1 aliphatic heterocycles. The quantitative estimate of drug-likeness (QED) is 0.434. The first-order chi connectivity index (χ1) is 15.7. The van der Waals surface area contributed by atoms with Gasteiger partial charge in [0.25, 0.3) is 0 Å². The number of aryl methyl sites for hydroxylation is 2. The molecule has 8 nitrogen and oxygen atoms in total. The van der Waals surface area contributed by atoms with E-state index in [9.17, 15) is 13.2 Å². The summed E-state index contributed by atoms with van der Waals surface area (Å²) in [6.07, 6.45) is 4.37. The van der Waals surface area contributed by atoms with Crippen molar-refractivity contribution in [2.75, 3.05) is 60.1 Å². The Bertz CT molecular complexity index is 844. The van der Waals surface area contributed by atoms with Crippen LogP contribution in [0.5, 0.6) is 5.75 Å². The Morgan fingerprint density at radius 1 is 1.18 bits per heavy atom. The van der Waals surface area contributed by atoms with Crippen LogP contribution in [0.1, 0.15) is 43.7 Å². The number of methoxy groups -OCH3 is 1. The molecule has 0 aromatic heterocycles. The topological polar surface area (TPSA) is 88.2 Å². The molecule has 1 amide bonds. The molecule has 9 heteroatoms. The Balaban J connectivity index is 1.74. The highest BCUT2D eigenvalue weighted by Gasteiger charge is 2.26. The van der Waals surface area contributed by atoms with E-state index in [1.807, 2.05) is 4.90 Å². The number of rotatable bonds is 13. The first-order valence-electron chi connectivity index (χ1n) is 11.9. The van der Waals surface area contributed by atoms with Crippen LogP contribution in [0.2, 0.25) is 0 Å². The fourth-order valence-corrected chi connectivity index (χ4v) is 5.79. The van der Waals surface area contributed by atoms with E-state index in [1.54, 1.807) is 33.1 Å². The number of carbonyl (C=O) groups is 1. The third-order valence-corrected chi connectivity index (χ3v) is 8.40. The Hall–Kier alpha value is -1.68. The molecule has 2 rings (SSSR count). The molecular formula is C24H41N3O5S. The standard InChI is InChI=1S/C24H41N3O5S/c1-6-10-25-11-7-21-8-12-27(13-9-21)23(28)18-32-15-14-26(4)33(29,30)24-19(2)16-22(31-5)17-20(24)3/h16-17,21,25H,6-15,18H2,1-5H3. The molecule has 1 aliphatic rings. The Labute approximate surface area is 199 Å². The maximum absolute atomic E-state index is 13.0. The van der Waals surface area contributed by atoms with Crippen molar-refractivity contribution in [3.63, 3.8) is 0 Å². The monoisotopic (exact) mass is 483 g/mol. The summed E-state index contributed by atoms with van der Waals surface area (Å²) in [6.45, 7) is 9.65. The molecule has 1 saturated heterocycles. The van der Waals surface area contributed by atoms with Crippen LogP contribution in [-0.2, 0) is 19.6 Å². The molecule has 1 aromatic rings. The SMILES string of the molecule is CCCNCCC1CCN(C(=O)COCCN(C)S(=O)(=O)c2c(C)cc(OC)cc2C)CC1. The lowest BCUT2D eigenvalue weighted by molar-refractivity contribution is -0.137. The molecule has 0 aliphatic carbocycles. The summed E-state index contributed by atoms with van der Waals surface area (Å²) in [6, 6.07) is 3.43. The molecule has 0 bridgehead atoms. The van der Waals surface area contributed by atoms with Gasteiger partial charge >= 0.3 is 0 Å². The lowest BCUT2D eigenvalue weighted by Crippen LogP contribution is -2.41. The van der Waals surface area contributed by atoms with Gasteiger partial charge in [0.05, 0.1) is 18.6 Å². The van der Waals surface area contributed by atoms with Gasteiger partial charge in [-0.2, -0.15) is 4.31 Å². The van der Waals surface area contributed by atoms with Gasteiger partial charge in [0.1, 0.15) is 12.4 Å². The molecule has 33 heavy (non-hydrogen) atoms. The van der Waals surface area contributed by atoms with Gasteiger partial charge in [-0.25, -0.2) is 8.42 Å². The van der Waals surface area contributed by atoms with Crippen LogP contribution in [-0.4, -0.2) is 83.6 Å². The number of benzene rings is 1. The number of piperidine rings is 1. The van der Waals surface area contributed by atoms with Crippen LogP contribution < -0.4 is 10.1 Å². The van der Waals surface area contributed by atoms with Crippen molar-refractivity contribution in [3.05, 3.63) is 23.3 Å². The highest BCUT2D eigenvalue weighted by atomic mass is 32.2. The van der Waals surface area contributed by atoms with Gasteiger partial charge in [0, 0.05) is 26.7 Å². The van der Waals surface area contributed by atoms with Gasteiger partial charge < -0.3 is 19.7 Å². The molecule has 1 N–H and O–H groups in total. The van der Waals surface area contributed by atoms with Crippen LogP contribution in [0.25, 0.3) is 0 Å². The first-order valence-corrected chi connectivity index (χ1v) is 13.3. The van der Waals surface area contributed by atoms with Gasteiger partial charge in [-0.1, -0.05) is 6.92 Å². The van der Waals surface area contributed by atoms with E-state index in [0.717, 1.165) is 51.9 Å². The van der Waals surface area contributed by atoms with Crippen molar-refractivity contribution in [2.45, 2.75) is 51.3 Å². The fourth-order valence-electron chi connectivity index (χ4n) is 4.23. The third-order valence-electron chi connectivity index (χ3n) is 6.24. The Morgan fingerprint density at radius 3 is 2.39 bits per heavy atom. The molecular weight excluding hydrogens is 442 g/mol. The summed E-state index contributed by atoms with van der Waals surface area (Å²) in [4.78, 5) is 14.6. The second-order valence-corrected chi connectivity index (χ2v) is 10.8. The van der Waals surface area contributed by atoms with Crippen molar-refractivity contribution in [2.24, 2.45) is 5.92 Å². The minimum Gasteiger partial charge on any atom is -0.497 e. The minimum absolute atomic E-state index is 0.0167. The van der Waals surface area contributed by atoms with Gasteiger partial charge in [-0.15, -0.1) is 0 Å². The molecule has 0 saturated carbocycles. The second kappa shape index (κ2) is 13.3. The van der Waals surface area contributed by atoms with Crippen molar-refractivity contribution < 1.29 is 22.7 Å². The maximum atomic E-state index is 13.0. The van der Waals surface area contributed by atoms with Crippen LogP contribution in [0.4, 0.5) is 0 Å². The van der Waals surface area contributed by atoms with Crippen LogP contribution in [0.15, 0.2) is 17.0 Å². The van der Waals surface area contributed by atoms with Crippen LogP contribution >= 0.6 is 0 Å². The van der Waals surface area contributed by atoms with E-state index in [1.165, 1.54) is 11.4 Å². The number of nitrogens with zero attached hydrogens (tertiary/aromatic N) is 2. The van der Waals surface area contributed by atoms with Crippen molar-refractivity contribution >= 4 is 15.9 Å². The van der Waals surface area contributed by atoms with E-state index in [-0.39, 0.29) is 30.6 Å². The van der Waals surface area contributed by atoms with Crippen molar-refractivity contribution in [1.82, 2.24) is 14.5 Å². The van der Waals surface area contributed by atoms with Crippen molar-refractivity contribution in [3.8, 4) is 5.75 Å². The highest BCUT2D eigenvalue weighted by molar-refractivity contribution is 7.89. The predicted molar refractivity (Wildman–Crippen MR) is 130 cm³/mol. The molecule has 1 heterocycles. The second-order valence-electron chi connectivity index (χ2n) is 8.83. The van der Waals surface area contributed by atoms with Crippen LogP contribution in [0, 0.1) is 19.8 Å². The minimum atomic E-state index is -3.67. The van der Waals surface area contributed by atoms with E-state index < -0.39 is 10.0 Å². The summed E-state index contributed by atoms with van der Waals surface area (Å²) in [5.41, 5.74) is 1.28. The predicted octanol–water partition coefficient (Wildman–Crippen LogP) is 2.58. The summed E-state index contributed by atoms with van der Waals surface area (Å²) in [5, 5.41) is 3.44. The zero-order valence-corrected chi connectivity index (χ0v) is 21.7. The largest absolute Gasteiger partial charge is 0.497 e. The average molecular weight is 484 g/mol. The molecule has 0 unspecified atom stereocenters. The average Bonchev–Trinajstić information content (AvgIpc) is 2.78. The fraction of sp³-hybridized carbons (Fsp3) is 0.708. The van der Waals surface area contributed by atoms with E-state index in [2.05, 4.69) is 12.2 Å². The summed E-state index contributed by atoms with van der Waals surface area (Å²) in [7, 11) is -0.578. The number of nitrogens with one attached hydrogen (secondary N) is 1. The summed E-state index contributed by atoms with van der Waals surface area (Å²) < 4.78 is 38.1. The molecule has 0 atom stereocenters. The normalized spacial score (nSPS) is 15.3. The molecule has 188 valence electrons. The third kappa shape index (κ3) is 7.95. The lowest BCUT2D eigenvalue weighted by atomic mass is 9.93. The zero-order valence-electron chi connectivity index (χ0n) is 20.9. The molecule has 0 spiro atoms. The highest BCUT2D eigenvalue weighted by Crippen LogP contribution is 2.27. The smallest absolute Gasteiger partial charge is 0.248 e. The Kier molecular flexibility index (Phi) is 11.1. The number of ether oxygens (including phenoxy) is 2. The Morgan fingerprint density at radius 2 is 1.82 bits per heavy atom. The number of likely N-dealkylation sites (tertiary alicyclic amines) is 1. The molecule has 0 radical (unpaired) electrons. The van der Waals surface area contributed by atoms with Gasteiger partial charge in [-0.05, 0) is 81.8 Å². The molecule has 1 fully saturated rings. The lowest BCUT2D eigenvalue weighted by Gasteiger charge is -2.32. The number of hydrogen-bond acceptors (Lipinski definition) is 6. The number of carbonyl (C=O) groups excluding carboxylic acids is 1. The van der Waals surface area contributed by atoms with E-state index in [0.29, 0.717) is 22.8 Å². The van der Waals surface area contributed by atoms with Gasteiger partial charge in [0.15, 0.2) is 0 Å². The van der Waals surface area contributed by atoms with Gasteiger partial charge in [0.2, 0.25) is 15.9 Å². The summed E-state index contributed by atoms with van der Waals surface area (Å²) in [5.74, 6) is 1.28. The first kappa shape index (κ1) is 27.6. The number of hydrogen-bond donors (Lipinski definition) is 1. The zero-order chi connectivity index (χ0) is 24.4. The number of likely N-dealkylation sites (N-methyl/N-ethyl adjacent to an activating group) is 1.